The number of nitrogens with zero attached hydrogens (tertiary/aromatic N) is 1. The number of benzene rings is 1. The molecule has 3 N–H and O–H groups in total. The summed E-state index contributed by atoms with van der Waals surface area (Å²) in [6, 6.07) is 1.75. The van der Waals surface area contributed by atoms with E-state index in [1.165, 1.54) is 12.3 Å². The molecular weight excluding hydrogens is 386 g/mol. The van der Waals surface area contributed by atoms with E-state index in [0.29, 0.717) is 6.07 Å². The van der Waals surface area contributed by atoms with Crippen LogP contribution in [0.25, 0.3) is 0 Å². The molecule has 11 heteroatoms. The van der Waals surface area contributed by atoms with Crippen molar-refractivity contribution >= 4 is 40.6 Å². The summed E-state index contributed by atoms with van der Waals surface area (Å²) in [7, 11) is 0. The highest BCUT2D eigenvalue weighted by Crippen LogP contribution is 2.31. The Balaban J connectivity index is 2.44. The number of aliphatic hydroxyl groups excluding tert-OH is 1. The van der Waals surface area contributed by atoms with E-state index in [2.05, 4.69) is 15.1 Å². The zero-order valence-electron chi connectivity index (χ0n) is 12.2. The first-order valence-electron chi connectivity index (χ1n) is 6.63. The number of hydrogen-bond donors (Lipinski definition) is 3. The number of hydrogen-bond acceptors (Lipinski definition) is 5. The van der Waals surface area contributed by atoms with Gasteiger partial charge in [0.15, 0.2) is 17.5 Å². The standard InChI is InChI=1S/C14H10Cl2F3N3O3/c15-6-3-8(16)13(20-5-6)21-12-7(14(24)22-25-2-1-23)4-9(17)10(18)11(12)19/h3-5,23H,1-2H2,(H,20,21)(H,22,24). The molecule has 0 fully saturated rings. The molecule has 134 valence electrons. The van der Waals surface area contributed by atoms with E-state index in [4.69, 9.17) is 28.3 Å². The van der Waals surface area contributed by atoms with E-state index in [9.17, 15) is 18.0 Å². The smallest absolute Gasteiger partial charge is 0.277 e. The fraction of sp³-hybridized carbons (Fsp3) is 0.143. The average Bonchev–Trinajstić information content (AvgIpc) is 2.57. The van der Waals surface area contributed by atoms with Gasteiger partial charge in [-0.25, -0.2) is 23.6 Å². The van der Waals surface area contributed by atoms with Crippen LogP contribution in [0, 0.1) is 17.5 Å². The first-order valence-corrected chi connectivity index (χ1v) is 7.39. The van der Waals surface area contributed by atoms with Gasteiger partial charge in [0, 0.05) is 6.20 Å². The van der Waals surface area contributed by atoms with Gasteiger partial charge in [-0.1, -0.05) is 23.2 Å². The summed E-state index contributed by atoms with van der Waals surface area (Å²) < 4.78 is 41.2. The van der Waals surface area contributed by atoms with Crippen LogP contribution < -0.4 is 10.8 Å². The maximum Gasteiger partial charge on any atom is 0.277 e. The Morgan fingerprint density at radius 1 is 1.24 bits per heavy atom. The van der Waals surface area contributed by atoms with Crippen LogP contribution in [0.4, 0.5) is 24.7 Å². The second kappa shape index (κ2) is 8.34. The summed E-state index contributed by atoms with van der Waals surface area (Å²) in [5, 5.41) is 11.1. The fourth-order valence-corrected chi connectivity index (χ4v) is 2.17. The molecule has 0 radical (unpaired) electrons. The molecule has 2 aromatic rings. The van der Waals surface area contributed by atoms with Gasteiger partial charge in [-0.2, -0.15) is 0 Å². The monoisotopic (exact) mass is 395 g/mol. The molecule has 1 amide bonds. The van der Waals surface area contributed by atoms with E-state index < -0.39 is 41.2 Å². The average molecular weight is 396 g/mol. The Morgan fingerprint density at radius 3 is 2.60 bits per heavy atom. The second-order valence-electron chi connectivity index (χ2n) is 4.52. The van der Waals surface area contributed by atoms with Crippen molar-refractivity contribution in [2.75, 3.05) is 18.5 Å². The number of halogens is 5. The Hall–Kier alpha value is -2.07. The highest BCUT2D eigenvalue weighted by Gasteiger charge is 2.24. The van der Waals surface area contributed by atoms with Gasteiger partial charge in [-0.15, -0.1) is 0 Å². The highest BCUT2D eigenvalue weighted by atomic mass is 35.5. The summed E-state index contributed by atoms with van der Waals surface area (Å²) in [6.07, 6.45) is 1.18. The summed E-state index contributed by atoms with van der Waals surface area (Å²) in [4.78, 5) is 20.4. The molecule has 1 heterocycles. The van der Waals surface area contributed by atoms with Crippen LogP contribution in [0.1, 0.15) is 10.4 Å². The molecule has 0 saturated carbocycles. The van der Waals surface area contributed by atoms with Crippen LogP contribution in [-0.4, -0.2) is 29.2 Å². The van der Waals surface area contributed by atoms with Crippen molar-refractivity contribution in [2.45, 2.75) is 0 Å². The molecule has 2 rings (SSSR count). The molecule has 0 aliphatic rings. The third-order valence-electron chi connectivity index (χ3n) is 2.82. The predicted octanol–water partition coefficient (Wildman–Crippen LogP) is 3.20. The Morgan fingerprint density at radius 2 is 1.96 bits per heavy atom. The van der Waals surface area contributed by atoms with Crippen LogP contribution in [0.15, 0.2) is 18.3 Å². The molecule has 6 nitrogen and oxygen atoms in total. The van der Waals surface area contributed by atoms with Crippen LogP contribution in [0.3, 0.4) is 0 Å². The molecule has 0 aliphatic carbocycles. The number of anilines is 2. The van der Waals surface area contributed by atoms with E-state index in [1.54, 1.807) is 0 Å². The quantitative estimate of drug-likeness (QED) is 0.397. The summed E-state index contributed by atoms with van der Waals surface area (Å²) in [5.74, 6) is -6.24. The zero-order valence-corrected chi connectivity index (χ0v) is 13.8. The number of rotatable bonds is 6. The largest absolute Gasteiger partial charge is 0.394 e. The molecule has 0 unspecified atom stereocenters. The van der Waals surface area contributed by atoms with Crippen LogP contribution in [0.5, 0.6) is 0 Å². The normalized spacial score (nSPS) is 10.6. The zero-order chi connectivity index (χ0) is 18.6. The maximum absolute atomic E-state index is 14.1. The summed E-state index contributed by atoms with van der Waals surface area (Å²) >= 11 is 11.6. The van der Waals surface area contributed by atoms with Crippen molar-refractivity contribution in [3.63, 3.8) is 0 Å². The Kier molecular flexibility index (Phi) is 6.43. The first kappa shape index (κ1) is 19.3. The minimum absolute atomic E-state index is 0.0421. The Labute approximate surface area is 149 Å². The van der Waals surface area contributed by atoms with Gasteiger partial charge in [0.1, 0.15) is 5.82 Å². The van der Waals surface area contributed by atoms with Crippen LogP contribution in [-0.2, 0) is 4.84 Å². The lowest BCUT2D eigenvalue weighted by Crippen LogP contribution is -2.26. The number of hydroxylamine groups is 1. The lowest BCUT2D eigenvalue weighted by molar-refractivity contribution is 0.0168. The lowest BCUT2D eigenvalue weighted by atomic mass is 10.1. The molecule has 0 spiro atoms. The van der Waals surface area contributed by atoms with Gasteiger partial charge in [-0.05, 0) is 12.1 Å². The molecule has 1 aromatic heterocycles. The van der Waals surface area contributed by atoms with E-state index in [-0.39, 0.29) is 22.5 Å². The van der Waals surface area contributed by atoms with Gasteiger partial charge in [-0.3, -0.25) is 9.63 Å². The van der Waals surface area contributed by atoms with Gasteiger partial charge in [0.25, 0.3) is 5.91 Å². The number of carbonyl (C=O) groups is 1. The topological polar surface area (TPSA) is 83.5 Å². The number of carbonyl (C=O) groups excluding carboxylic acids is 1. The third-order valence-corrected chi connectivity index (χ3v) is 3.31. The molecule has 25 heavy (non-hydrogen) atoms. The molecule has 0 saturated heterocycles. The fourth-order valence-electron chi connectivity index (χ4n) is 1.74. The van der Waals surface area contributed by atoms with E-state index in [1.807, 2.05) is 5.48 Å². The van der Waals surface area contributed by atoms with Crippen molar-refractivity contribution in [3.05, 3.63) is 51.4 Å². The van der Waals surface area contributed by atoms with Crippen molar-refractivity contribution in [1.82, 2.24) is 10.5 Å². The molecule has 0 atom stereocenters. The Bertz CT molecular complexity index is 809. The van der Waals surface area contributed by atoms with E-state index >= 15 is 0 Å². The highest BCUT2D eigenvalue weighted by molar-refractivity contribution is 6.36. The van der Waals surface area contributed by atoms with Crippen LogP contribution >= 0.6 is 23.2 Å². The molecular formula is C14H10Cl2F3N3O3. The first-order chi connectivity index (χ1) is 11.8. The molecule has 1 aromatic carbocycles. The minimum Gasteiger partial charge on any atom is -0.394 e. The SMILES string of the molecule is O=C(NOCCO)c1cc(F)c(F)c(F)c1Nc1ncc(Cl)cc1Cl. The van der Waals surface area contributed by atoms with Crippen molar-refractivity contribution in [3.8, 4) is 0 Å². The predicted molar refractivity (Wildman–Crippen MR) is 84.4 cm³/mol. The van der Waals surface area contributed by atoms with Crippen molar-refractivity contribution in [2.24, 2.45) is 0 Å². The number of aliphatic hydroxyl groups is 1. The number of nitrogens with one attached hydrogen (secondary N) is 2. The second-order valence-corrected chi connectivity index (χ2v) is 5.36. The molecule has 0 bridgehead atoms. The number of aromatic nitrogens is 1. The van der Waals surface area contributed by atoms with Gasteiger partial charge >= 0.3 is 0 Å². The lowest BCUT2D eigenvalue weighted by Gasteiger charge is -2.14. The van der Waals surface area contributed by atoms with E-state index in [0.717, 1.165) is 0 Å². The number of pyridine rings is 1. The van der Waals surface area contributed by atoms with Crippen molar-refractivity contribution in [1.29, 1.82) is 0 Å². The summed E-state index contributed by atoms with van der Waals surface area (Å²) in [5.41, 5.74) is 0.538. The van der Waals surface area contributed by atoms with Gasteiger partial charge in [0.05, 0.1) is 34.5 Å². The van der Waals surface area contributed by atoms with Crippen LogP contribution in [0.2, 0.25) is 10.0 Å². The van der Waals surface area contributed by atoms with Gasteiger partial charge in [0.2, 0.25) is 0 Å². The maximum atomic E-state index is 14.1. The minimum atomic E-state index is -1.79. The van der Waals surface area contributed by atoms with Crippen molar-refractivity contribution < 1.29 is 27.9 Å². The van der Waals surface area contributed by atoms with Gasteiger partial charge < -0.3 is 10.4 Å². The summed E-state index contributed by atoms with van der Waals surface area (Å²) in [6.45, 7) is -0.660. The number of amides is 1. The third kappa shape index (κ3) is 4.51. The molecule has 0 aliphatic heterocycles.